The molecule has 0 saturated carbocycles. The molecular formula is C11H11NO6. The number of nitro groups is 1. The normalized spacial score (nSPS) is 9.83. The molecule has 1 rings (SSSR count). The highest BCUT2D eigenvalue weighted by Crippen LogP contribution is 2.23. The number of esters is 1. The van der Waals surface area contributed by atoms with Crippen LogP contribution in [0.5, 0.6) is 0 Å². The molecule has 0 bridgehead atoms. The number of hydrogen-bond donors (Lipinski definition) is 1. The molecule has 1 aromatic carbocycles. The lowest BCUT2D eigenvalue weighted by Crippen LogP contribution is -2.13. The molecule has 0 aliphatic carbocycles. The van der Waals surface area contributed by atoms with Crippen LogP contribution in [0.3, 0.4) is 0 Å². The summed E-state index contributed by atoms with van der Waals surface area (Å²) < 4.78 is 4.68. The zero-order valence-corrected chi connectivity index (χ0v) is 9.58. The Kier molecular flexibility index (Phi) is 4.36. The van der Waals surface area contributed by atoms with Crippen LogP contribution in [0, 0.1) is 10.1 Å². The molecule has 1 aromatic rings. The van der Waals surface area contributed by atoms with Crippen LogP contribution in [0.1, 0.15) is 22.8 Å². The van der Waals surface area contributed by atoms with E-state index in [0.29, 0.717) is 0 Å². The van der Waals surface area contributed by atoms with Gasteiger partial charge in [-0.2, -0.15) is 0 Å². The van der Waals surface area contributed by atoms with Gasteiger partial charge in [-0.05, 0) is 12.5 Å². The summed E-state index contributed by atoms with van der Waals surface area (Å²) in [6.45, 7) is 1.78. The van der Waals surface area contributed by atoms with Gasteiger partial charge in [-0.3, -0.25) is 14.9 Å². The van der Waals surface area contributed by atoms with Crippen molar-refractivity contribution in [3.8, 4) is 0 Å². The van der Waals surface area contributed by atoms with Crippen molar-refractivity contribution in [3.05, 3.63) is 39.4 Å². The molecule has 0 atom stereocenters. The van der Waals surface area contributed by atoms with Gasteiger partial charge in [0.05, 0.1) is 18.0 Å². The van der Waals surface area contributed by atoms with E-state index in [1.807, 2.05) is 0 Å². The second-order valence-corrected chi connectivity index (χ2v) is 3.36. The highest BCUT2D eigenvalue weighted by molar-refractivity contribution is 5.95. The number of rotatable bonds is 5. The van der Waals surface area contributed by atoms with Gasteiger partial charge in [-0.1, -0.05) is 12.1 Å². The monoisotopic (exact) mass is 253 g/mol. The lowest BCUT2D eigenvalue weighted by Gasteiger charge is -2.06. The molecule has 7 nitrogen and oxygen atoms in total. The van der Waals surface area contributed by atoms with Crippen molar-refractivity contribution >= 4 is 17.6 Å². The molecule has 96 valence electrons. The van der Waals surface area contributed by atoms with Crippen molar-refractivity contribution in [2.45, 2.75) is 13.3 Å². The van der Waals surface area contributed by atoms with Gasteiger partial charge in [0.2, 0.25) is 0 Å². The van der Waals surface area contributed by atoms with E-state index in [0.717, 1.165) is 6.07 Å². The molecule has 0 heterocycles. The van der Waals surface area contributed by atoms with Crippen LogP contribution in [0.2, 0.25) is 0 Å². The predicted octanol–water partition coefficient (Wildman–Crippen LogP) is 1.40. The van der Waals surface area contributed by atoms with Crippen molar-refractivity contribution in [2.24, 2.45) is 0 Å². The molecular weight excluding hydrogens is 242 g/mol. The first-order valence-electron chi connectivity index (χ1n) is 5.12. The predicted molar refractivity (Wildman–Crippen MR) is 60.4 cm³/mol. The molecule has 0 aromatic heterocycles. The van der Waals surface area contributed by atoms with Crippen molar-refractivity contribution in [1.29, 1.82) is 0 Å². The average molecular weight is 253 g/mol. The Labute approximate surface area is 102 Å². The first-order chi connectivity index (χ1) is 8.47. The summed E-state index contributed by atoms with van der Waals surface area (Å²) in [6.07, 6.45) is -0.308. The van der Waals surface area contributed by atoms with Crippen LogP contribution in [0.25, 0.3) is 0 Å². The number of hydrogen-bond acceptors (Lipinski definition) is 5. The van der Waals surface area contributed by atoms with Crippen LogP contribution < -0.4 is 0 Å². The minimum atomic E-state index is -1.44. The Morgan fingerprint density at radius 2 is 2.11 bits per heavy atom. The van der Waals surface area contributed by atoms with E-state index in [4.69, 9.17) is 5.11 Å². The maximum atomic E-state index is 11.3. The van der Waals surface area contributed by atoms with Crippen LogP contribution >= 0.6 is 0 Å². The summed E-state index contributed by atoms with van der Waals surface area (Å²) in [7, 11) is 0. The number of carbonyl (C=O) groups excluding carboxylic acids is 1. The Balaban J connectivity index is 3.19. The third-order valence-corrected chi connectivity index (χ3v) is 2.18. The molecule has 0 amide bonds. The third-order valence-electron chi connectivity index (χ3n) is 2.18. The maximum absolute atomic E-state index is 11.3. The van der Waals surface area contributed by atoms with Gasteiger partial charge in [-0.15, -0.1) is 0 Å². The number of carboxylic acids is 1. The fourth-order valence-corrected chi connectivity index (χ4v) is 1.50. The minimum absolute atomic E-state index is 0.0650. The van der Waals surface area contributed by atoms with Crippen molar-refractivity contribution in [3.63, 3.8) is 0 Å². The van der Waals surface area contributed by atoms with Gasteiger partial charge in [0.1, 0.15) is 5.56 Å². The second kappa shape index (κ2) is 5.76. The van der Waals surface area contributed by atoms with Crippen LogP contribution in [-0.2, 0) is 16.0 Å². The fourth-order valence-electron chi connectivity index (χ4n) is 1.50. The first kappa shape index (κ1) is 13.6. The summed E-state index contributed by atoms with van der Waals surface area (Å²) >= 11 is 0. The van der Waals surface area contributed by atoms with E-state index in [1.165, 1.54) is 12.1 Å². The Morgan fingerprint density at radius 1 is 1.44 bits per heavy atom. The van der Waals surface area contributed by atoms with Crippen molar-refractivity contribution in [2.75, 3.05) is 6.61 Å². The smallest absolute Gasteiger partial charge is 0.343 e. The lowest BCUT2D eigenvalue weighted by atomic mass is 10.0. The molecule has 18 heavy (non-hydrogen) atoms. The van der Waals surface area contributed by atoms with E-state index in [2.05, 4.69) is 4.74 Å². The molecule has 1 N–H and O–H groups in total. The zero-order chi connectivity index (χ0) is 13.7. The highest BCUT2D eigenvalue weighted by atomic mass is 16.6. The largest absolute Gasteiger partial charge is 0.477 e. The molecule has 0 radical (unpaired) electrons. The number of carbonyl (C=O) groups is 2. The number of nitro benzene ring substituents is 1. The van der Waals surface area contributed by atoms with Crippen LogP contribution in [0.4, 0.5) is 5.69 Å². The number of nitrogens with zero attached hydrogens (tertiary/aromatic N) is 1. The first-order valence-corrected chi connectivity index (χ1v) is 5.12. The number of ether oxygens (including phenoxy) is 1. The topological polar surface area (TPSA) is 107 Å². The second-order valence-electron chi connectivity index (χ2n) is 3.36. The van der Waals surface area contributed by atoms with Gasteiger partial charge in [0, 0.05) is 6.07 Å². The molecule has 0 saturated heterocycles. The number of carboxylic acid groups (broad SMARTS) is 1. The summed E-state index contributed by atoms with van der Waals surface area (Å²) in [5.74, 6) is -2.07. The molecule has 0 fully saturated rings. The molecule has 0 aliphatic rings. The molecule has 7 heteroatoms. The maximum Gasteiger partial charge on any atom is 0.343 e. The van der Waals surface area contributed by atoms with E-state index in [9.17, 15) is 19.7 Å². The Morgan fingerprint density at radius 3 is 2.61 bits per heavy atom. The average Bonchev–Trinajstić information content (AvgIpc) is 2.28. The van der Waals surface area contributed by atoms with Crippen molar-refractivity contribution < 1.29 is 24.4 Å². The van der Waals surface area contributed by atoms with Gasteiger partial charge >= 0.3 is 11.9 Å². The standard InChI is InChI=1S/C11H11NO6/c1-2-18-9(13)6-7-4-3-5-8(12(16)17)10(7)11(14)15/h3-5H,2,6H2,1H3,(H,14,15). The summed E-state index contributed by atoms with van der Waals surface area (Å²) in [4.78, 5) is 32.2. The molecule has 0 spiro atoms. The van der Waals surface area contributed by atoms with Gasteiger partial charge < -0.3 is 9.84 Å². The summed E-state index contributed by atoms with van der Waals surface area (Å²) in [5.41, 5.74) is -0.949. The zero-order valence-electron chi connectivity index (χ0n) is 9.58. The third kappa shape index (κ3) is 3.03. The molecule has 0 aliphatic heterocycles. The van der Waals surface area contributed by atoms with Crippen LogP contribution in [-0.4, -0.2) is 28.6 Å². The summed E-state index contributed by atoms with van der Waals surface area (Å²) in [5, 5.41) is 19.7. The quantitative estimate of drug-likeness (QED) is 0.482. The van der Waals surface area contributed by atoms with E-state index in [-0.39, 0.29) is 18.6 Å². The van der Waals surface area contributed by atoms with Gasteiger partial charge in [-0.25, -0.2) is 4.79 Å². The minimum Gasteiger partial charge on any atom is -0.477 e. The lowest BCUT2D eigenvalue weighted by molar-refractivity contribution is -0.385. The Hall–Kier alpha value is -2.44. The van der Waals surface area contributed by atoms with E-state index < -0.39 is 28.1 Å². The fraction of sp³-hybridized carbons (Fsp3) is 0.273. The Bertz CT molecular complexity index is 496. The molecule has 0 unspecified atom stereocenters. The summed E-state index contributed by atoms with van der Waals surface area (Å²) in [6, 6.07) is 3.77. The van der Waals surface area contributed by atoms with E-state index in [1.54, 1.807) is 6.92 Å². The number of aromatic carboxylic acids is 1. The van der Waals surface area contributed by atoms with Crippen LogP contribution in [0.15, 0.2) is 18.2 Å². The van der Waals surface area contributed by atoms with Gasteiger partial charge in [0.25, 0.3) is 5.69 Å². The number of benzene rings is 1. The van der Waals surface area contributed by atoms with Crippen molar-refractivity contribution in [1.82, 2.24) is 0 Å². The highest BCUT2D eigenvalue weighted by Gasteiger charge is 2.24. The van der Waals surface area contributed by atoms with E-state index >= 15 is 0 Å². The van der Waals surface area contributed by atoms with Gasteiger partial charge in [0.15, 0.2) is 0 Å². The SMILES string of the molecule is CCOC(=O)Cc1cccc([N+](=O)[O-])c1C(=O)O.